The lowest BCUT2D eigenvalue weighted by Gasteiger charge is -2.35. The molecule has 0 aliphatic carbocycles. The van der Waals surface area contributed by atoms with Gasteiger partial charge < -0.3 is 15.3 Å². The standard InChI is InChI=1S/C19H25ClN2O4/c20-15-8-6-14(7-9-15)19(26)21-12-3-5-17(23)22-13-2-1-4-16(22)10-11-18(24)25/h6-9,16H,1-5,10-13H2,(H,21,26)(H,24,25). The Balaban J connectivity index is 1.73. The van der Waals surface area contributed by atoms with Gasteiger partial charge in [-0.15, -0.1) is 0 Å². The summed E-state index contributed by atoms with van der Waals surface area (Å²) < 4.78 is 0. The van der Waals surface area contributed by atoms with Crippen LogP contribution in [-0.4, -0.2) is 46.9 Å². The molecule has 1 atom stereocenters. The molecule has 1 saturated heterocycles. The number of carbonyl (C=O) groups excluding carboxylic acids is 2. The molecule has 0 saturated carbocycles. The van der Waals surface area contributed by atoms with E-state index in [0.717, 1.165) is 19.3 Å². The second kappa shape index (κ2) is 10.2. The molecule has 2 amide bonds. The van der Waals surface area contributed by atoms with Crippen molar-refractivity contribution in [2.45, 2.75) is 51.0 Å². The molecule has 1 aromatic carbocycles. The maximum absolute atomic E-state index is 12.5. The van der Waals surface area contributed by atoms with Crippen LogP contribution in [0.2, 0.25) is 5.02 Å². The number of rotatable bonds is 8. The lowest BCUT2D eigenvalue weighted by atomic mass is 9.97. The first-order chi connectivity index (χ1) is 12.5. The van der Waals surface area contributed by atoms with Crippen LogP contribution in [0.3, 0.4) is 0 Å². The Bertz CT molecular complexity index is 633. The van der Waals surface area contributed by atoms with Gasteiger partial charge in [0, 0.05) is 42.6 Å². The molecule has 2 N–H and O–H groups in total. The molecular weight excluding hydrogens is 356 g/mol. The second-order valence-electron chi connectivity index (χ2n) is 6.54. The number of amides is 2. The van der Waals surface area contributed by atoms with Gasteiger partial charge in [-0.25, -0.2) is 0 Å². The van der Waals surface area contributed by atoms with Crippen LogP contribution < -0.4 is 5.32 Å². The van der Waals surface area contributed by atoms with E-state index in [2.05, 4.69) is 5.32 Å². The van der Waals surface area contributed by atoms with Gasteiger partial charge in [0.25, 0.3) is 5.91 Å². The van der Waals surface area contributed by atoms with Gasteiger partial charge in [-0.2, -0.15) is 0 Å². The highest BCUT2D eigenvalue weighted by molar-refractivity contribution is 6.30. The minimum Gasteiger partial charge on any atom is -0.481 e. The summed E-state index contributed by atoms with van der Waals surface area (Å²) >= 11 is 5.80. The summed E-state index contributed by atoms with van der Waals surface area (Å²) in [6.07, 6.45) is 4.37. The first-order valence-electron chi connectivity index (χ1n) is 9.02. The van der Waals surface area contributed by atoms with Crippen LogP contribution in [0, 0.1) is 0 Å². The number of likely N-dealkylation sites (tertiary alicyclic amines) is 1. The van der Waals surface area contributed by atoms with E-state index in [1.54, 1.807) is 24.3 Å². The third kappa shape index (κ3) is 6.33. The molecule has 26 heavy (non-hydrogen) atoms. The molecule has 1 aromatic rings. The van der Waals surface area contributed by atoms with E-state index >= 15 is 0 Å². The number of nitrogens with zero attached hydrogens (tertiary/aromatic N) is 1. The van der Waals surface area contributed by atoms with Gasteiger partial charge in [0.05, 0.1) is 0 Å². The lowest BCUT2D eigenvalue weighted by molar-refractivity contribution is -0.140. The molecule has 0 radical (unpaired) electrons. The Morgan fingerprint density at radius 2 is 1.88 bits per heavy atom. The predicted molar refractivity (Wildman–Crippen MR) is 99.2 cm³/mol. The van der Waals surface area contributed by atoms with Crippen molar-refractivity contribution in [2.24, 2.45) is 0 Å². The maximum Gasteiger partial charge on any atom is 0.303 e. The van der Waals surface area contributed by atoms with Crippen molar-refractivity contribution < 1.29 is 19.5 Å². The van der Waals surface area contributed by atoms with E-state index in [0.29, 0.717) is 42.9 Å². The van der Waals surface area contributed by atoms with Crippen molar-refractivity contribution in [3.05, 3.63) is 34.9 Å². The summed E-state index contributed by atoms with van der Waals surface area (Å²) in [5.41, 5.74) is 0.533. The zero-order valence-corrected chi connectivity index (χ0v) is 15.5. The van der Waals surface area contributed by atoms with Gasteiger partial charge >= 0.3 is 5.97 Å². The number of hydrogen-bond donors (Lipinski definition) is 2. The minimum absolute atomic E-state index is 0.0241. The van der Waals surface area contributed by atoms with Crippen molar-refractivity contribution in [3.8, 4) is 0 Å². The third-order valence-corrected chi connectivity index (χ3v) is 4.85. The molecule has 0 bridgehead atoms. The highest BCUT2D eigenvalue weighted by atomic mass is 35.5. The molecule has 142 valence electrons. The average Bonchev–Trinajstić information content (AvgIpc) is 2.64. The number of benzene rings is 1. The SMILES string of the molecule is O=C(O)CCC1CCCCN1C(=O)CCCNC(=O)c1ccc(Cl)cc1. The first kappa shape index (κ1) is 20.2. The number of halogens is 1. The van der Waals surface area contributed by atoms with E-state index in [-0.39, 0.29) is 24.3 Å². The fraction of sp³-hybridized carbons (Fsp3) is 0.526. The van der Waals surface area contributed by atoms with Gasteiger partial charge in [-0.1, -0.05) is 11.6 Å². The van der Waals surface area contributed by atoms with Crippen LogP contribution in [0.1, 0.15) is 55.3 Å². The second-order valence-corrected chi connectivity index (χ2v) is 6.97. The number of carboxylic acid groups (broad SMARTS) is 1. The fourth-order valence-corrected chi connectivity index (χ4v) is 3.33. The van der Waals surface area contributed by atoms with Crippen LogP contribution in [0.4, 0.5) is 0 Å². The van der Waals surface area contributed by atoms with E-state index in [1.807, 2.05) is 4.90 Å². The summed E-state index contributed by atoms with van der Waals surface area (Å²) in [5.74, 6) is -0.972. The Hall–Kier alpha value is -2.08. The van der Waals surface area contributed by atoms with Gasteiger partial charge in [-0.05, 0) is 56.4 Å². The quantitative estimate of drug-likeness (QED) is 0.678. The Labute approximate surface area is 158 Å². The minimum atomic E-state index is -0.826. The number of carboxylic acids is 1. The predicted octanol–water partition coefficient (Wildman–Crippen LogP) is 3.10. The smallest absolute Gasteiger partial charge is 0.303 e. The zero-order valence-electron chi connectivity index (χ0n) is 14.7. The summed E-state index contributed by atoms with van der Waals surface area (Å²) in [4.78, 5) is 37.1. The van der Waals surface area contributed by atoms with Gasteiger partial charge in [0.2, 0.25) is 5.91 Å². The van der Waals surface area contributed by atoms with Gasteiger partial charge in [0.1, 0.15) is 0 Å². The zero-order chi connectivity index (χ0) is 18.9. The summed E-state index contributed by atoms with van der Waals surface area (Å²) in [7, 11) is 0. The number of piperidine rings is 1. The number of nitrogens with one attached hydrogen (secondary N) is 1. The highest BCUT2D eigenvalue weighted by Crippen LogP contribution is 2.22. The Morgan fingerprint density at radius 1 is 1.15 bits per heavy atom. The molecule has 1 aliphatic heterocycles. The van der Waals surface area contributed by atoms with E-state index in [9.17, 15) is 14.4 Å². The fourth-order valence-electron chi connectivity index (χ4n) is 3.21. The molecule has 2 rings (SSSR count). The Morgan fingerprint density at radius 3 is 2.58 bits per heavy atom. The third-order valence-electron chi connectivity index (χ3n) is 4.60. The van der Waals surface area contributed by atoms with Crippen LogP contribution in [-0.2, 0) is 9.59 Å². The van der Waals surface area contributed by atoms with Crippen molar-refractivity contribution >= 4 is 29.4 Å². The summed E-state index contributed by atoms with van der Waals surface area (Å²) in [5, 5.41) is 12.2. The number of hydrogen-bond acceptors (Lipinski definition) is 3. The maximum atomic E-state index is 12.5. The monoisotopic (exact) mass is 380 g/mol. The number of aliphatic carboxylic acids is 1. The average molecular weight is 381 g/mol. The highest BCUT2D eigenvalue weighted by Gasteiger charge is 2.26. The van der Waals surface area contributed by atoms with Crippen molar-refractivity contribution in [1.82, 2.24) is 10.2 Å². The Kier molecular flexibility index (Phi) is 7.91. The van der Waals surface area contributed by atoms with Crippen molar-refractivity contribution in [1.29, 1.82) is 0 Å². The van der Waals surface area contributed by atoms with E-state index in [4.69, 9.17) is 16.7 Å². The molecule has 1 heterocycles. The topological polar surface area (TPSA) is 86.7 Å². The molecule has 1 fully saturated rings. The molecular formula is C19H25ClN2O4. The van der Waals surface area contributed by atoms with Crippen molar-refractivity contribution in [3.63, 3.8) is 0 Å². The molecule has 6 nitrogen and oxygen atoms in total. The van der Waals surface area contributed by atoms with Crippen LogP contribution in [0.25, 0.3) is 0 Å². The van der Waals surface area contributed by atoms with Gasteiger partial charge in [-0.3, -0.25) is 14.4 Å². The van der Waals surface area contributed by atoms with Crippen molar-refractivity contribution in [2.75, 3.05) is 13.1 Å². The summed E-state index contributed by atoms with van der Waals surface area (Å²) in [6, 6.07) is 6.66. The normalized spacial score (nSPS) is 17.0. The molecule has 7 heteroatoms. The lowest BCUT2D eigenvalue weighted by Crippen LogP contribution is -2.44. The molecule has 0 aromatic heterocycles. The first-order valence-corrected chi connectivity index (χ1v) is 9.40. The van der Waals surface area contributed by atoms with Gasteiger partial charge in [0.15, 0.2) is 0 Å². The van der Waals surface area contributed by atoms with E-state index < -0.39 is 5.97 Å². The largest absolute Gasteiger partial charge is 0.481 e. The van der Waals surface area contributed by atoms with E-state index in [1.165, 1.54) is 0 Å². The van der Waals surface area contributed by atoms with Crippen LogP contribution in [0.5, 0.6) is 0 Å². The molecule has 1 unspecified atom stereocenters. The molecule has 1 aliphatic rings. The molecule has 0 spiro atoms. The number of carbonyl (C=O) groups is 3. The van der Waals surface area contributed by atoms with Crippen LogP contribution >= 0.6 is 11.6 Å². The summed E-state index contributed by atoms with van der Waals surface area (Å²) in [6.45, 7) is 1.11. The van der Waals surface area contributed by atoms with Crippen LogP contribution in [0.15, 0.2) is 24.3 Å².